The number of nitrogens with one attached hydrogen (secondary N) is 1. The number of amides is 3. The van der Waals surface area contributed by atoms with Crippen molar-refractivity contribution in [2.24, 2.45) is 0 Å². The van der Waals surface area contributed by atoms with Crippen LogP contribution in [0.5, 0.6) is 0 Å². The molecule has 1 fully saturated rings. The molecule has 1 aromatic heterocycles. The number of fused-ring (bicyclic) bond motifs is 1. The van der Waals surface area contributed by atoms with Gasteiger partial charge in [-0.25, -0.2) is 4.79 Å². The number of urea groups is 1. The van der Waals surface area contributed by atoms with Crippen LogP contribution >= 0.6 is 0 Å². The largest absolute Gasteiger partial charge is 0.379 e. The standard InChI is InChI=1S/C18H30N6O3/c1-4-16(22-7-9-27-10-8-22)17(25)19-12-14-11-15-13-23(18(26)21(2)3)5-6-24(15)20-14/h11,16H,4-10,12-13H2,1-3H3,(H,19,25)/t16-/m0/s1. The van der Waals surface area contributed by atoms with E-state index < -0.39 is 0 Å². The summed E-state index contributed by atoms with van der Waals surface area (Å²) < 4.78 is 7.30. The van der Waals surface area contributed by atoms with Crippen molar-refractivity contribution in [3.8, 4) is 0 Å². The van der Waals surface area contributed by atoms with Gasteiger partial charge >= 0.3 is 6.03 Å². The first-order valence-electron chi connectivity index (χ1n) is 9.61. The Bertz CT molecular complexity index is 668. The molecule has 0 radical (unpaired) electrons. The van der Waals surface area contributed by atoms with Crippen LogP contribution in [0.25, 0.3) is 0 Å². The van der Waals surface area contributed by atoms with Gasteiger partial charge in [0.25, 0.3) is 0 Å². The molecule has 0 bridgehead atoms. The van der Waals surface area contributed by atoms with Gasteiger partial charge in [0.15, 0.2) is 0 Å². The van der Waals surface area contributed by atoms with E-state index in [0.29, 0.717) is 39.4 Å². The number of ether oxygens (including phenoxy) is 1. The van der Waals surface area contributed by atoms with Gasteiger partial charge in [0.05, 0.1) is 50.3 Å². The summed E-state index contributed by atoms with van der Waals surface area (Å²) in [5.74, 6) is 0.0368. The van der Waals surface area contributed by atoms with Gasteiger partial charge in [-0.3, -0.25) is 14.4 Å². The SMILES string of the molecule is CC[C@@H](C(=O)NCc1cc2n(n1)CCN(C(=O)N(C)C)C2)N1CCOCC1. The molecular weight excluding hydrogens is 348 g/mol. The van der Waals surface area contributed by atoms with Gasteiger partial charge in [-0.2, -0.15) is 5.10 Å². The highest BCUT2D eigenvalue weighted by Crippen LogP contribution is 2.15. The molecule has 3 amide bonds. The van der Waals surface area contributed by atoms with E-state index in [1.54, 1.807) is 19.0 Å². The zero-order valence-corrected chi connectivity index (χ0v) is 16.5. The molecular formula is C18H30N6O3. The lowest BCUT2D eigenvalue weighted by molar-refractivity contribution is -0.128. The van der Waals surface area contributed by atoms with E-state index in [1.165, 1.54) is 0 Å². The molecule has 1 saturated heterocycles. The zero-order valence-electron chi connectivity index (χ0n) is 16.5. The Kier molecular flexibility index (Phi) is 6.33. The molecule has 0 aromatic carbocycles. The first-order chi connectivity index (χ1) is 13.0. The van der Waals surface area contributed by atoms with Crippen molar-refractivity contribution in [2.45, 2.75) is 39.0 Å². The fraction of sp³-hybridized carbons (Fsp3) is 0.722. The fourth-order valence-corrected chi connectivity index (χ4v) is 3.65. The molecule has 3 rings (SSSR count). The summed E-state index contributed by atoms with van der Waals surface area (Å²) >= 11 is 0. The predicted octanol–water partition coefficient (Wildman–Crippen LogP) is 0.107. The van der Waals surface area contributed by atoms with Crippen LogP contribution in [0.4, 0.5) is 4.79 Å². The third-order valence-electron chi connectivity index (χ3n) is 5.12. The first kappa shape index (κ1) is 19.6. The molecule has 2 aliphatic rings. The normalized spacial score (nSPS) is 18.7. The van der Waals surface area contributed by atoms with Crippen molar-refractivity contribution in [1.82, 2.24) is 29.8 Å². The van der Waals surface area contributed by atoms with Gasteiger partial charge in [0.1, 0.15) is 0 Å². The van der Waals surface area contributed by atoms with Crippen LogP contribution in [0, 0.1) is 0 Å². The molecule has 0 aliphatic carbocycles. The highest BCUT2D eigenvalue weighted by atomic mass is 16.5. The quantitative estimate of drug-likeness (QED) is 0.786. The van der Waals surface area contributed by atoms with Crippen LogP contribution in [0.2, 0.25) is 0 Å². The van der Waals surface area contributed by atoms with E-state index in [9.17, 15) is 9.59 Å². The van der Waals surface area contributed by atoms with Crippen LogP contribution in [0.3, 0.4) is 0 Å². The molecule has 1 atom stereocenters. The summed E-state index contributed by atoms with van der Waals surface area (Å²) in [5, 5.41) is 7.60. The van der Waals surface area contributed by atoms with Gasteiger partial charge in [0.2, 0.25) is 5.91 Å². The van der Waals surface area contributed by atoms with Gasteiger partial charge in [-0.15, -0.1) is 0 Å². The van der Waals surface area contributed by atoms with E-state index in [2.05, 4.69) is 15.3 Å². The molecule has 3 heterocycles. The Morgan fingerprint density at radius 1 is 1.26 bits per heavy atom. The molecule has 0 spiro atoms. The van der Waals surface area contributed by atoms with E-state index in [0.717, 1.165) is 30.9 Å². The van der Waals surface area contributed by atoms with Crippen LogP contribution in [-0.4, -0.2) is 89.4 Å². The summed E-state index contributed by atoms with van der Waals surface area (Å²) in [4.78, 5) is 30.3. The van der Waals surface area contributed by atoms with Gasteiger partial charge in [-0.05, 0) is 12.5 Å². The Hall–Kier alpha value is -2.13. The molecule has 27 heavy (non-hydrogen) atoms. The average Bonchev–Trinajstić information content (AvgIpc) is 3.09. The van der Waals surface area contributed by atoms with E-state index >= 15 is 0 Å². The van der Waals surface area contributed by atoms with Crippen molar-refractivity contribution in [3.63, 3.8) is 0 Å². The van der Waals surface area contributed by atoms with Crippen LogP contribution in [0.15, 0.2) is 6.07 Å². The number of carbonyl (C=O) groups is 2. The average molecular weight is 378 g/mol. The minimum atomic E-state index is -0.126. The second kappa shape index (κ2) is 8.71. The number of hydrogen-bond acceptors (Lipinski definition) is 5. The molecule has 2 aliphatic heterocycles. The monoisotopic (exact) mass is 378 g/mol. The molecule has 9 nitrogen and oxygen atoms in total. The fourth-order valence-electron chi connectivity index (χ4n) is 3.65. The van der Waals surface area contributed by atoms with Gasteiger partial charge in [-0.1, -0.05) is 6.92 Å². The Balaban J connectivity index is 1.56. The third kappa shape index (κ3) is 4.59. The van der Waals surface area contributed by atoms with E-state index in [1.807, 2.05) is 22.6 Å². The van der Waals surface area contributed by atoms with E-state index in [4.69, 9.17) is 4.74 Å². The molecule has 9 heteroatoms. The summed E-state index contributed by atoms with van der Waals surface area (Å²) in [6, 6.07) is 1.86. The number of hydrogen-bond donors (Lipinski definition) is 1. The van der Waals surface area contributed by atoms with Crippen molar-refractivity contribution in [3.05, 3.63) is 17.5 Å². The maximum Gasteiger partial charge on any atom is 0.319 e. The highest BCUT2D eigenvalue weighted by molar-refractivity contribution is 5.81. The van der Waals surface area contributed by atoms with Crippen molar-refractivity contribution >= 4 is 11.9 Å². The number of aromatic nitrogens is 2. The maximum absolute atomic E-state index is 12.6. The lowest BCUT2D eigenvalue weighted by Crippen LogP contribution is -2.50. The second-order valence-corrected chi connectivity index (χ2v) is 7.24. The maximum atomic E-state index is 12.6. The number of morpholine rings is 1. The van der Waals surface area contributed by atoms with Crippen molar-refractivity contribution in [1.29, 1.82) is 0 Å². The molecule has 1 N–H and O–H groups in total. The van der Waals surface area contributed by atoms with Gasteiger partial charge < -0.3 is 19.9 Å². The first-order valence-corrected chi connectivity index (χ1v) is 9.61. The minimum absolute atomic E-state index is 0.00796. The Labute approximate surface area is 160 Å². The number of rotatable bonds is 5. The lowest BCUT2D eigenvalue weighted by Gasteiger charge is -2.32. The second-order valence-electron chi connectivity index (χ2n) is 7.24. The topological polar surface area (TPSA) is 82.9 Å². The van der Waals surface area contributed by atoms with Crippen molar-refractivity contribution in [2.75, 3.05) is 46.9 Å². The summed E-state index contributed by atoms with van der Waals surface area (Å²) in [6.07, 6.45) is 0.771. The lowest BCUT2D eigenvalue weighted by atomic mass is 10.1. The Morgan fingerprint density at radius 2 is 2.00 bits per heavy atom. The van der Waals surface area contributed by atoms with Crippen LogP contribution in [-0.2, 0) is 29.2 Å². The summed E-state index contributed by atoms with van der Waals surface area (Å²) in [6.45, 7) is 7.25. The predicted molar refractivity (Wildman–Crippen MR) is 100 cm³/mol. The van der Waals surface area contributed by atoms with Crippen molar-refractivity contribution < 1.29 is 14.3 Å². The van der Waals surface area contributed by atoms with Crippen LogP contribution in [0.1, 0.15) is 24.7 Å². The smallest absolute Gasteiger partial charge is 0.319 e. The number of nitrogens with zero attached hydrogens (tertiary/aromatic N) is 5. The zero-order chi connectivity index (χ0) is 19.4. The third-order valence-corrected chi connectivity index (χ3v) is 5.12. The summed E-state index contributed by atoms with van der Waals surface area (Å²) in [7, 11) is 3.52. The number of carbonyl (C=O) groups excluding carboxylic acids is 2. The molecule has 150 valence electrons. The molecule has 0 unspecified atom stereocenters. The van der Waals surface area contributed by atoms with Crippen LogP contribution < -0.4 is 5.32 Å². The molecule has 0 saturated carbocycles. The van der Waals surface area contributed by atoms with Gasteiger partial charge in [0, 0.05) is 33.7 Å². The highest BCUT2D eigenvalue weighted by Gasteiger charge is 2.26. The minimum Gasteiger partial charge on any atom is -0.379 e. The van der Waals surface area contributed by atoms with E-state index in [-0.39, 0.29) is 18.0 Å². The Morgan fingerprint density at radius 3 is 2.67 bits per heavy atom. The molecule has 1 aromatic rings. The summed E-state index contributed by atoms with van der Waals surface area (Å²) in [5.41, 5.74) is 1.83.